The van der Waals surface area contributed by atoms with E-state index in [4.69, 9.17) is 16.3 Å². The number of ether oxygens (including phenoxy) is 1. The number of hydrogen-bond donors (Lipinski definition) is 1. The number of hydrogen-bond acceptors (Lipinski definition) is 5. The van der Waals surface area contributed by atoms with Crippen molar-refractivity contribution in [2.24, 2.45) is 5.92 Å². The van der Waals surface area contributed by atoms with Crippen LogP contribution >= 0.6 is 11.6 Å². The Kier molecular flexibility index (Phi) is 11.6. The van der Waals surface area contributed by atoms with Gasteiger partial charge in [0.15, 0.2) is 0 Å². The van der Waals surface area contributed by atoms with Crippen LogP contribution in [0.5, 0.6) is 5.75 Å². The van der Waals surface area contributed by atoms with Crippen molar-refractivity contribution in [1.29, 1.82) is 0 Å². The molecule has 0 aliphatic rings. The van der Waals surface area contributed by atoms with E-state index in [1.165, 1.54) is 30.2 Å². The number of carbonyl (C=O) groups excluding carboxylic acids is 2. The topological polar surface area (TPSA) is 96.0 Å². The zero-order valence-electron chi connectivity index (χ0n) is 25.6. The highest BCUT2D eigenvalue weighted by Crippen LogP contribution is 2.35. The maximum atomic E-state index is 14.5. The van der Waals surface area contributed by atoms with Gasteiger partial charge in [-0.1, -0.05) is 104 Å². The zero-order valence-corrected chi connectivity index (χ0v) is 27.2. The van der Waals surface area contributed by atoms with Crippen LogP contribution in [0.15, 0.2) is 114 Å². The van der Waals surface area contributed by atoms with E-state index in [-0.39, 0.29) is 46.1 Å². The minimum Gasteiger partial charge on any atom is -0.495 e. The molecular formula is C35H38ClN3O5S. The van der Waals surface area contributed by atoms with E-state index in [1.54, 1.807) is 30.3 Å². The Morgan fingerprint density at radius 1 is 0.844 bits per heavy atom. The molecule has 236 valence electrons. The van der Waals surface area contributed by atoms with Crippen molar-refractivity contribution in [1.82, 2.24) is 10.2 Å². The Bertz CT molecular complexity index is 1670. The third kappa shape index (κ3) is 8.86. The van der Waals surface area contributed by atoms with Crippen LogP contribution in [0, 0.1) is 5.92 Å². The lowest BCUT2D eigenvalue weighted by molar-refractivity contribution is -0.140. The molecule has 8 nitrogen and oxygen atoms in total. The Morgan fingerprint density at radius 3 is 2.00 bits per heavy atom. The number of carbonyl (C=O) groups is 2. The highest BCUT2D eigenvalue weighted by Gasteiger charge is 2.35. The molecule has 0 aromatic heterocycles. The van der Waals surface area contributed by atoms with Crippen molar-refractivity contribution in [2.45, 2.75) is 37.8 Å². The fourth-order valence-corrected chi connectivity index (χ4v) is 6.45. The van der Waals surface area contributed by atoms with Crippen molar-refractivity contribution in [3.05, 3.63) is 125 Å². The Balaban J connectivity index is 1.82. The lowest BCUT2D eigenvalue weighted by atomic mass is 10.0. The molecule has 1 N–H and O–H groups in total. The summed E-state index contributed by atoms with van der Waals surface area (Å²) in [7, 11) is -2.87. The Labute approximate surface area is 270 Å². The second-order valence-corrected chi connectivity index (χ2v) is 13.3. The predicted molar refractivity (Wildman–Crippen MR) is 178 cm³/mol. The minimum atomic E-state index is -4.28. The molecule has 2 amide bonds. The number of anilines is 1. The lowest BCUT2D eigenvalue weighted by Crippen LogP contribution is -2.53. The van der Waals surface area contributed by atoms with Gasteiger partial charge in [0, 0.05) is 24.5 Å². The first-order valence-corrected chi connectivity index (χ1v) is 16.5. The van der Waals surface area contributed by atoms with Crippen LogP contribution in [-0.4, -0.2) is 51.4 Å². The molecule has 0 bridgehead atoms. The largest absolute Gasteiger partial charge is 0.495 e. The van der Waals surface area contributed by atoms with Crippen LogP contribution in [-0.2, 0) is 32.6 Å². The molecule has 0 spiro atoms. The SMILES string of the molecule is COc1ccc(Cl)cc1N(CC(=O)N(Cc1ccccc1)[C@@H](Cc1ccccc1)C(=O)NCC(C)C)S(=O)(=O)c1ccccc1. The van der Waals surface area contributed by atoms with Crippen LogP contribution < -0.4 is 14.4 Å². The summed E-state index contributed by atoms with van der Waals surface area (Å²) in [5.74, 6) is -0.487. The molecule has 0 heterocycles. The summed E-state index contributed by atoms with van der Waals surface area (Å²) in [6.07, 6.45) is 0.231. The summed E-state index contributed by atoms with van der Waals surface area (Å²) in [5, 5.41) is 3.25. The minimum absolute atomic E-state index is 0.00931. The summed E-state index contributed by atoms with van der Waals surface area (Å²) in [4.78, 5) is 29.8. The van der Waals surface area contributed by atoms with Crippen LogP contribution in [0.4, 0.5) is 5.69 Å². The van der Waals surface area contributed by atoms with Crippen LogP contribution in [0.3, 0.4) is 0 Å². The highest BCUT2D eigenvalue weighted by atomic mass is 35.5. The molecule has 45 heavy (non-hydrogen) atoms. The van der Waals surface area contributed by atoms with Gasteiger partial charge in [-0.15, -0.1) is 0 Å². The van der Waals surface area contributed by atoms with Gasteiger partial charge in [0.1, 0.15) is 18.3 Å². The molecule has 0 fully saturated rings. The number of rotatable bonds is 14. The summed E-state index contributed by atoms with van der Waals surface area (Å²) in [5.41, 5.74) is 1.75. The van der Waals surface area contributed by atoms with Gasteiger partial charge in [-0.05, 0) is 47.4 Å². The van der Waals surface area contributed by atoms with E-state index in [9.17, 15) is 18.0 Å². The molecule has 0 aliphatic carbocycles. The summed E-state index contributed by atoms with van der Waals surface area (Å²) >= 11 is 6.34. The standard InChI is InChI=1S/C35H38ClN3O5S/c1-26(2)23-37-35(41)32(21-27-13-7-4-8-14-27)38(24-28-15-9-5-10-16-28)34(40)25-39(31-22-29(36)19-20-33(31)44-3)45(42,43)30-17-11-6-12-18-30/h4-20,22,26,32H,21,23-25H2,1-3H3,(H,37,41)/t32-/m0/s1. The molecule has 4 aromatic rings. The summed E-state index contributed by atoms with van der Waals surface area (Å²) < 4.78 is 34.9. The van der Waals surface area contributed by atoms with Crippen LogP contribution in [0.25, 0.3) is 0 Å². The van der Waals surface area contributed by atoms with Gasteiger partial charge in [-0.2, -0.15) is 0 Å². The molecule has 4 rings (SSSR count). The monoisotopic (exact) mass is 647 g/mol. The molecule has 4 aromatic carbocycles. The zero-order chi connectivity index (χ0) is 32.4. The molecule has 0 saturated carbocycles. The second kappa shape index (κ2) is 15.6. The normalized spacial score (nSPS) is 11.9. The number of nitrogens with one attached hydrogen (secondary N) is 1. The van der Waals surface area contributed by atoms with Gasteiger partial charge in [-0.25, -0.2) is 8.42 Å². The van der Waals surface area contributed by atoms with Crippen LogP contribution in [0.2, 0.25) is 5.02 Å². The van der Waals surface area contributed by atoms with Gasteiger partial charge in [0.2, 0.25) is 11.8 Å². The van der Waals surface area contributed by atoms with E-state index in [1.807, 2.05) is 74.5 Å². The first-order valence-electron chi connectivity index (χ1n) is 14.7. The molecule has 0 unspecified atom stereocenters. The average Bonchev–Trinajstić information content (AvgIpc) is 3.05. The third-order valence-electron chi connectivity index (χ3n) is 7.17. The van der Waals surface area contributed by atoms with E-state index in [0.717, 1.165) is 15.4 Å². The van der Waals surface area contributed by atoms with E-state index >= 15 is 0 Å². The van der Waals surface area contributed by atoms with Crippen molar-refractivity contribution in [3.8, 4) is 5.75 Å². The van der Waals surface area contributed by atoms with E-state index in [2.05, 4.69) is 5.32 Å². The van der Waals surface area contributed by atoms with E-state index in [0.29, 0.717) is 6.54 Å². The average molecular weight is 648 g/mol. The number of benzene rings is 4. The fraction of sp³-hybridized carbons (Fsp3) is 0.257. The summed E-state index contributed by atoms with van der Waals surface area (Å²) in [6, 6.07) is 30.2. The van der Waals surface area contributed by atoms with Gasteiger partial charge < -0.3 is 15.0 Å². The van der Waals surface area contributed by atoms with Gasteiger partial charge >= 0.3 is 0 Å². The van der Waals surface area contributed by atoms with E-state index < -0.39 is 28.5 Å². The smallest absolute Gasteiger partial charge is 0.264 e. The number of amides is 2. The van der Waals surface area contributed by atoms with Gasteiger partial charge in [0.05, 0.1) is 17.7 Å². The lowest BCUT2D eigenvalue weighted by Gasteiger charge is -2.34. The molecule has 0 saturated heterocycles. The van der Waals surface area contributed by atoms with Crippen molar-refractivity contribution < 1.29 is 22.7 Å². The number of halogens is 1. The summed E-state index contributed by atoms with van der Waals surface area (Å²) in [6.45, 7) is 3.88. The number of methoxy groups -OCH3 is 1. The Morgan fingerprint density at radius 2 is 1.42 bits per heavy atom. The number of nitrogens with zero attached hydrogens (tertiary/aromatic N) is 2. The van der Waals surface area contributed by atoms with Crippen molar-refractivity contribution >= 4 is 39.1 Å². The Hall–Kier alpha value is -4.34. The maximum Gasteiger partial charge on any atom is 0.264 e. The van der Waals surface area contributed by atoms with Gasteiger partial charge in [-0.3, -0.25) is 13.9 Å². The molecule has 1 atom stereocenters. The quantitative estimate of drug-likeness (QED) is 0.182. The molecule has 0 aliphatic heterocycles. The second-order valence-electron chi connectivity index (χ2n) is 11.0. The third-order valence-corrected chi connectivity index (χ3v) is 9.18. The number of sulfonamides is 1. The maximum absolute atomic E-state index is 14.5. The first-order chi connectivity index (χ1) is 21.6. The molecule has 0 radical (unpaired) electrons. The molecular weight excluding hydrogens is 610 g/mol. The fourth-order valence-electron chi connectivity index (χ4n) is 4.85. The van der Waals surface area contributed by atoms with Crippen molar-refractivity contribution in [3.63, 3.8) is 0 Å². The first kappa shape index (κ1) is 33.6. The van der Waals surface area contributed by atoms with Crippen LogP contribution in [0.1, 0.15) is 25.0 Å². The predicted octanol–water partition coefficient (Wildman–Crippen LogP) is 5.96. The highest BCUT2D eigenvalue weighted by molar-refractivity contribution is 7.92. The molecule has 10 heteroatoms. The van der Waals surface area contributed by atoms with Gasteiger partial charge in [0.25, 0.3) is 10.0 Å². The van der Waals surface area contributed by atoms with Crippen molar-refractivity contribution in [2.75, 3.05) is 24.5 Å².